The van der Waals surface area contributed by atoms with Crippen molar-refractivity contribution in [3.8, 4) is 0 Å². The number of hydrogen-bond acceptors (Lipinski definition) is 8. The number of nitrogens with zero attached hydrogens (tertiary/aromatic N) is 2. The molecule has 4 heterocycles. The van der Waals surface area contributed by atoms with Gasteiger partial charge in [-0.15, -0.1) is 0 Å². The van der Waals surface area contributed by atoms with Crippen molar-refractivity contribution in [1.29, 1.82) is 0 Å². The number of rotatable bonds is 10. The van der Waals surface area contributed by atoms with E-state index in [0.29, 0.717) is 35.5 Å². The van der Waals surface area contributed by atoms with Crippen molar-refractivity contribution in [2.24, 2.45) is 11.8 Å². The Morgan fingerprint density at radius 2 is 1.74 bits per heavy atom. The van der Waals surface area contributed by atoms with Gasteiger partial charge in [-0.1, -0.05) is 79.1 Å². The number of halogens is 1. The molecular formula is C38H44ClN3O8. The number of ether oxygens (including phenoxy) is 3. The number of cyclic esters (lactones) is 1. The van der Waals surface area contributed by atoms with Crippen molar-refractivity contribution in [1.82, 2.24) is 10.2 Å². The molecule has 2 fully saturated rings. The van der Waals surface area contributed by atoms with E-state index in [4.69, 9.17) is 25.8 Å². The van der Waals surface area contributed by atoms with Gasteiger partial charge in [0.1, 0.15) is 23.7 Å². The van der Waals surface area contributed by atoms with Gasteiger partial charge in [0.15, 0.2) is 0 Å². The zero-order valence-corrected chi connectivity index (χ0v) is 28.9. The van der Waals surface area contributed by atoms with Crippen LogP contribution in [-0.4, -0.2) is 90.9 Å². The SMILES string of the molecule is COC[C@H]1NC(=O)CC/C=C\[C@H]2O[C@]34C=CCN(c5ccc(Cl)cc5)C(=O)[C@H]3N(CCCCCCO)C(=O)[C@@H]4[C@H]2C(=O)O[C@@H]1c1ccccc1. The Morgan fingerprint density at radius 1 is 0.980 bits per heavy atom. The number of benzene rings is 2. The van der Waals surface area contributed by atoms with Crippen molar-refractivity contribution in [2.75, 3.05) is 38.3 Å². The largest absolute Gasteiger partial charge is 0.455 e. The summed E-state index contributed by atoms with van der Waals surface area (Å²) >= 11 is 6.17. The molecule has 1 spiro atoms. The summed E-state index contributed by atoms with van der Waals surface area (Å²) in [5.74, 6) is -3.69. The molecule has 4 aliphatic heterocycles. The number of amides is 3. The summed E-state index contributed by atoms with van der Waals surface area (Å²) in [7, 11) is 1.51. The molecule has 2 N–H and O–H groups in total. The fourth-order valence-electron chi connectivity index (χ4n) is 7.73. The van der Waals surface area contributed by atoms with Crippen molar-refractivity contribution < 1.29 is 38.5 Å². The van der Waals surface area contributed by atoms with Crippen LogP contribution in [0.1, 0.15) is 50.2 Å². The Morgan fingerprint density at radius 3 is 2.48 bits per heavy atom. The highest BCUT2D eigenvalue weighted by Gasteiger charge is 2.71. The Hall–Kier alpha value is -4.03. The highest BCUT2D eigenvalue weighted by molar-refractivity contribution is 6.30. The first-order valence-corrected chi connectivity index (χ1v) is 17.7. The van der Waals surface area contributed by atoms with Gasteiger partial charge in [0.05, 0.1) is 24.7 Å². The number of fused-ring (bicyclic) bond motifs is 2. The van der Waals surface area contributed by atoms with Gasteiger partial charge in [0.2, 0.25) is 11.8 Å². The number of carbonyl (C=O) groups is 4. The molecular weight excluding hydrogens is 662 g/mol. The van der Waals surface area contributed by atoms with E-state index in [1.54, 1.807) is 52.3 Å². The van der Waals surface area contributed by atoms with E-state index in [0.717, 1.165) is 12.8 Å². The molecule has 2 saturated heterocycles. The first kappa shape index (κ1) is 35.8. The van der Waals surface area contributed by atoms with Crippen LogP contribution in [0.4, 0.5) is 5.69 Å². The molecule has 266 valence electrons. The molecule has 0 unspecified atom stereocenters. The number of esters is 1. The van der Waals surface area contributed by atoms with Crippen molar-refractivity contribution in [2.45, 2.75) is 68.4 Å². The summed E-state index contributed by atoms with van der Waals surface area (Å²) in [6, 6.07) is 14.3. The lowest BCUT2D eigenvalue weighted by molar-refractivity contribution is -0.162. The topological polar surface area (TPSA) is 135 Å². The summed E-state index contributed by atoms with van der Waals surface area (Å²) < 4.78 is 18.6. The highest BCUT2D eigenvalue weighted by atomic mass is 35.5. The molecule has 0 bridgehead atoms. The first-order chi connectivity index (χ1) is 24.3. The van der Waals surface area contributed by atoms with Crippen LogP contribution in [0.5, 0.6) is 0 Å². The number of anilines is 1. The maximum absolute atomic E-state index is 14.7. The molecule has 3 amide bonds. The first-order valence-electron chi connectivity index (χ1n) is 17.3. The van der Waals surface area contributed by atoms with E-state index < -0.39 is 47.7 Å². The van der Waals surface area contributed by atoms with Crippen molar-refractivity contribution >= 4 is 41.0 Å². The lowest BCUT2D eigenvalue weighted by atomic mass is 9.77. The molecule has 2 aromatic rings. The number of hydrogen-bond donors (Lipinski definition) is 2. The minimum atomic E-state index is -1.46. The molecule has 4 aliphatic rings. The second kappa shape index (κ2) is 15.9. The Balaban J connectivity index is 1.41. The molecule has 6 rings (SSSR count). The fraction of sp³-hybridized carbons (Fsp3) is 0.474. The smallest absolute Gasteiger partial charge is 0.313 e. The number of aliphatic hydroxyl groups excluding tert-OH is 1. The van der Waals surface area contributed by atoms with E-state index in [-0.39, 0.29) is 50.4 Å². The summed E-state index contributed by atoms with van der Waals surface area (Å²) in [6.07, 6.45) is 8.64. The highest BCUT2D eigenvalue weighted by Crippen LogP contribution is 2.53. The molecule has 12 heteroatoms. The van der Waals surface area contributed by atoms with E-state index in [1.165, 1.54) is 7.11 Å². The van der Waals surface area contributed by atoms with E-state index in [1.807, 2.05) is 36.4 Å². The number of aliphatic hydroxyl groups is 1. The number of carbonyl (C=O) groups excluding carboxylic acids is 4. The summed E-state index contributed by atoms with van der Waals surface area (Å²) in [4.78, 5) is 60.2. The standard InChI is InChI=1S/C38H44ClN3O8/c1-48-24-28-33(25-12-5-4-6-13-25)49-37(47)31-29(14-7-8-15-30(44)40-28)50-38-20-11-22-41(27-18-16-26(39)17-19-27)36(46)34(38)42(35(45)32(31)38)21-9-2-3-10-23-43/h4-7,11-14,16-20,28-29,31-34,43H,2-3,8-10,15,21-24H2,1H3,(H,40,44)/b14-7-/t28-,29-,31+,32+,33-,34-,38+/m1/s1. The van der Waals surface area contributed by atoms with Gasteiger partial charge in [-0.2, -0.15) is 0 Å². The maximum atomic E-state index is 14.7. The number of allylic oxidation sites excluding steroid dienone is 1. The monoisotopic (exact) mass is 705 g/mol. The molecule has 0 saturated carbocycles. The second-order valence-electron chi connectivity index (χ2n) is 13.2. The molecule has 0 radical (unpaired) electrons. The quantitative estimate of drug-likeness (QED) is 0.214. The lowest BCUT2D eigenvalue weighted by Crippen LogP contribution is -2.55. The number of nitrogens with one attached hydrogen (secondary N) is 1. The third kappa shape index (κ3) is 7.10. The molecule has 50 heavy (non-hydrogen) atoms. The van der Waals surface area contributed by atoms with Gasteiger partial charge in [0.25, 0.3) is 5.91 Å². The van der Waals surface area contributed by atoms with Crippen LogP contribution in [0.2, 0.25) is 5.02 Å². The lowest BCUT2D eigenvalue weighted by Gasteiger charge is -2.35. The normalized spacial score (nSPS) is 30.4. The van der Waals surface area contributed by atoms with Gasteiger partial charge in [-0.3, -0.25) is 19.2 Å². The minimum Gasteiger partial charge on any atom is -0.455 e. The number of unbranched alkanes of at least 4 members (excludes halogenated alkanes) is 3. The fourth-order valence-corrected chi connectivity index (χ4v) is 7.86. The van der Waals surface area contributed by atoms with Crippen LogP contribution in [-0.2, 0) is 33.4 Å². The van der Waals surface area contributed by atoms with Crippen LogP contribution in [0, 0.1) is 11.8 Å². The van der Waals surface area contributed by atoms with Gasteiger partial charge in [-0.05, 0) is 49.1 Å². The number of methoxy groups -OCH3 is 1. The summed E-state index contributed by atoms with van der Waals surface area (Å²) in [6.45, 7) is 0.670. The summed E-state index contributed by atoms with van der Waals surface area (Å²) in [5.41, 5.74) is -0.179. The van der Waals surface area contributed by atoms with Gasteiger partial charge in [0, 0.05) is 43.9 Å². The van der Waals surface area contributed by atoms with Crippen LogP contribution in [0.15, 0.2) is 78.9 Å². The third-order valence-electron chi connectivity index (χ3n) is 10.0. The molecule has 0 aliphatic carbocycles. The predicted molar refractivity (Wildman–Crippen MR) is 186 cm³/mol. The van der Waals surface area contributed by atoms with Crippen molar-refractivity contribution in [3.63, 3.8) is 0 Å². The number of likely N-dealkylation sites (tertiary alicyclic amines) is 1. The predicted octanol–water partition coefficient (Wildman–Crippen LogP) is 4.14. The van der Waals surface area contributed by atoms with Crippen LogP contribution < -0.4 is 10.2 Å². The molecule has 11 nitrogen and oxygen atoms in total. The second-order valence-corrected chi connectivity index (χ2v) is 13.6. The zero-order valence-electron chi connectivity index (χ0n) is 28.1. The molecule has 0 aromatic heterocycles. The van der Waals surface area contributed by atoms with Crippen LogP contribution in [0.25, 0.3) is 0 Å². The van der Waals surface area contributed by atoms with Gasteiger partial charge < -0.3 is 34.4 Å². The third-order valence-corrected chi connectivity index (χ3v) is 10.3. The average molecular weight is 706 g/mol. The van der Waals surface area contributed by atoms with Crippen molar-refractivity contribution in [3.05, 3.63) is 89.5 Å². The Labute approximate surface area is 297 Å². The Kier molecular flexibility index (Phi) is 11.4. The Bertz CT molecular complexity index is 1600. The van der Waals surface area contributed by atoms with E-state index in [9.17, 15) is 24.3 Å². The van der Waals surface area contributed by atoms with Crippen LogP contribution in [0.3, 0.4) is 0 Å². The van der Waals surface area contributed by atoms with Crippen LogP contribution >= 0.6 is 11.6 Å². The van der Waals surface area contributed by atoms with Gasteiger partial charge in [-0.25, -0.2) is 0 Å². The molecule has 7 atom stereocenters. The van der Waals surface area contributed by atoms with E-state index in [2.05, 4.69) is 5.32 Å². The zero-order chi connectivity index (χ0) is 35.3. The van der Waals surface area contributed by atoms with Gasteiger partial charge >= 0.3 is 5.97 Å². The maximum Gasteiger partial charge on any atom is 0.313 e. The average Bonchev–Trinajstić information content (AvgIpc) is 3.49. The molecule has 2 aromatic carbocycles. The van der Waals surface area contributed by atoms with E-state index >= 15 is 0 Å². The minimum absolute atomic E-state index is 0.0786. The summed E-state index contributed by atoms with van der Waals surface area (Å²) in [5, 5.41) is 12.8.